The van der Waals surface area contributed by atoms with Gasteiger partial charge in [0.05, 0.1) is 23.2 Å². The molecule has 0 amide bonds. The topological polar surface area (TPSA) is 70.1 Å². The van der Waals surface area contributed by atoms with Crippen molar-refractivity contribution in [1.82, 2.24) is 0 Å². The molecule has 2 aliphatic carbocycles. The fraction of sp³-hybridized carbons (Fsp3) is 0.850. The molecule has 1 saturated heterocycles. The lowest BCUT2D eigenvalue weighted by molar-refractivity contribution is -0.172. The van der Waals surface area contributed by atoms with Crippen LogP contribution in [0.1, 0.15) is 65.7 Å². The van der Waals surface area contributed by atoms with Crippen LogP contribution in [0.5, 0.6) is 0 Å². The smallest absolute Gasteiger partial charge is 0.309 e. The van der Waals surface area contributed by atoms with Gasteiger partial charge in [0.25, 0.3) is 0 Å². The molecule has 3 fully saturated rings. The number of rotatable bonds is 5. The summed E-state index contributed by atoms with van der Waals surface area (Å²) < 4.78 is 5.94. The third-order valence-electron chi connectivity index (χ3n) is 7.65. The van der Waals surface area contributed by atoms with E-state index in [0.29, 0.717) is 12.3 Å². The number of fused-ring (bicyclic) bond motifs is 1. The molecular weight excluding hydrogens is 304 g/mol. The molecule has 2 saturated carbocycles. The lowest BCUT2D eigenvalue weighted by atomic mass is 9.45. The summed E-state index contributed by atoms with van der Waals surface area (Å²) in [5.74, 6) is -0.151. The summed E-state index contributed by atoms with van der Waals surface area (Å²) >= 11 is 0. The quantitative estimate of drug-likeness (QED) is 0.592. The Labute approximate surface area is 145 Å². The largest absolute Gasteiger partial charge is 0.481 e. The molecule has 0 aromatic rings. The lowest BCUT2D eigenvalue weighted by Crippen LogP contribution is -2.57. The standard InChI is InChI=1S/C20H32O4/c1-5-17(2,23)11-7-15-18(3)9-6-10-19(4,16(21)22)14(18)8-12-20(15)13-24-20/h5,14-15,23H,1,6-13H2,2-4H3,(H,21,22)/t14-,15-,17+,18+,19-,20-/m0/s1. The van der Waals surface area contributed by atoms with Gasteiger partial charge in [0, 0.05) is 0 Å². The second-order valence-electron chi connectivity index (χ2n) is 9.18. The van der Waals surface area contributed by atoms with E-state index in [4.69, 9.17) is 4.74 Å². The van der Waals surface area contributed by atoms with Gasteiger partial charge < -0.3 is 14.9 Å². The van der Waals surface area contributed by atoms with Gasteiger partial charge in [-0.2, -0.15) is 0 Å². The van der Waals surface area contributed by atoms with Crippen molar-refractivity contribution in [1.29, 1.82) is 0 Å². The minimum absolute atomic E-state index is 0.0304. The van der Waals surface area contributed by atoms with E-state index >= 15 is 0 Å². The van der Waals surface area contributed by atoms with Crippen LogP contribution in [0.4, 0.5) is 0 Å². The van der Waals surface area contributed by atoms with Crippen LogP contribution < -0.4 is 0 Å². The van der Waals surface area contributed by atoms with Gasteiger partial charge in [-0.1, -0.05) is 19.4 Å². The van der Waals surface area contributed by atoms with Gasteiger partial charge >= 0.3 is 5.97 Å². The minimum atomic E-state index is -0.871. The zero-order valence-corrected chi connectivity index (χ0v) is 15.3. The van der Waals surface area contributed by atoms with E-state index in [9.17, 15) is 15.0 Å². The molecule has 1 heterocycles. The summed E-state index contributed by atoms with van der Waals surface area (Å²) in [4.78, 5) is 12.0. The van der Waals surface area contributed by atoms with Crippen molar-refractivity contribution in [2.45, 2.75) is 76.9 Å². The van der Waals surface area contributed by atoms with Crippen molar-refractivity contribution < 1.29 is 19.7 Å². The van der Waals surface area contributed by atoms with Gasteiger partial charge in [0.15, 0.2) is 0 Å². The van der Waals surface area contributed by atoms with Crippen LogP contribution in [0, 0.1) is 22.7 Å². The fourth-order valence-electron chi connectivity index (χ4n) is 5.97. The van der Waals surface area contributed by atoms with Gasteiger partial charge in [0.1, 0.15) is 0 Å². The molecule has 0 aromatic heterocycles. The molecule has 3 aliphatic rings. The first kappa shape index (κ1) is 17.9. The van der Waals surface area contributed by atoms with Crippen molar-refractivity contribution in [3.05, 3.63) is 12.7 Å². The molecule has 1 aliphatic heterocycles. The van der Waals surface area contributed by atoms with Gasteiger partial charge in [-0.3, -0.25) is 4.79 Å². The Hall–Kier alpha value is -0.870. The van der Waals surface area contributed by atoms with E-state index < -0.39 is 17.0 Å². The Bertz CT molecular complexity index is 536. The molecule has 6 atom stereocenters. The van der Waals surface area contributed by atoms with E-state index in [0.717, 1.165) is 45.1 Å². The molecule has 0 bridgehead atoms. The molecule has 1 spiro atoms. The third-order valence-corrected chi connectivity index (χ3v) is 7.65. The summed E-state index contributed by atoms with van der Waals surface area (Å²) in [7, 11) is 0. The number of aliphatic carboxylic acids is 1. The second-order valence-corrected chi connectivity index (χ2v) is 9.18. The molecule has 4 nitrogen and oxygen atoms in total. The van der Waals surface area contributed by atoms with Gasteiger partial charge in [-0.05, 0) is 69.6 Å². The number of ether oxygens (including phenoxy) is 1. The molecule has 136 valence electrons. The fourth-order valence-corrected chi connectivity index (χ4v) is 5.97. The highest BCUT2D eigenvalue weighted by molar-refractivity contribution is 5.75. The van der Waals surface area contributed by atoms with Crippen LogP contribution in [0.15, 0.2) is 12.7 Å². The second kappa shape index (κ2) is 5.57. The van der Waals surface area contributed by atoms with Gasteiger partial charge in [-0.25, -0.2) is 0 Å². The highest BCUT2D eigenvalue weighted by Crippen LogP contribution is 2.66. The summed E-state index contributed by atoms with van der Waals surface area (Å²) in [5, 5.41) is 20.3. The first-order chi connectivity index (χ1) is 11.1. The first-order valence-electron chi connectivity index (χ1n) is 9.33. The average Bonchev–Trinajstić information content (AvgIpc) is 3.26. The molecule has 0 radical (unpaired) electrons. The Morgan fingerprint density at radius 3 is 2.58 bits per heavy atom. The monoisotopic (exact) mass is 336 g/mol. The zero-order chi connectivity index (χ0) is 17.8. The normalized spacial score (nSPS) is 46.8. The summed E-state index contributed by atoms with van der Waals surface area (Å²) in [6.07, 6.45) is 7.81. The SMILES string of the molecule is C=C[C@@](C)(O)CC[C@@H]1[C@]2(CC[C@H]3[C@@]1(C)CCC[C@]3(C)C(=O)O)CO2. The number of hydrogen-bond acceptors (Lipinski definition) is 3. The van der Waals surface area contributed by atoms with Crippen molar-refractivity contribution in [2.24, 2.45) is 22.7 Å². The number of hydrogen-bond donors (Lipinski definition) is 2. The zero-order valence-electron chi connectivity index (χ0n) is 15.3. The molecule has 24 heavy (non-hydrogen) atoms. The molecule has 2 N–H and O–H groups in total. The Kier molecular flexibility index (Phi) is 4.16. The number of carboxylic acid groups (broad SMARTS) is 1. The molecule has 0 aromatic carbocycles. The summed E-state index contributed by atoms with van der Waals surface area (Å²) in [6.45, 7) is 10.6. The molecule has 3 rings (SSSR count). The van der Waals surface area contributed by atoms with Crippen molar-refractivity contribution in [3.8, 4) is 0 Å². The van der Waals surface area contributed by atoms with Crippen molar-refractivity contribution >= 4 is 5.97 Å². The van der Waals surface area contributed by atoms with E-state index in [1.54, 1.807) is 13.0 Å². The summed E-state index contributed by atoms with van der Waals surface area (Å²) in [5.41, 5.74) is -1.61. The predicted molar refractivity (Wildman–Crippen MR) is 92.7 cm³/mol. The predicted octanol–water partition coefficient (Wildman–Crippen LogP) is 3.78. The van der Waals surface area contributed by atoms with Gasteiger partial charge in [0.2, 0.25) is 0 Å². The summed E-state index contributed by atoms with van der Waals surface area (Å²) in [6, 6.07) is 0. The third kappa shape index (κ3) is 2.62. The number of carbonyl (C=O) groups is 1. The van der Waals surface area contributed by atoms with Crippen LogP contribution in [0.2, 0.25) is 0 Å². The Morgan fingerprint density at radius 1 is 1.38 bits per heavy atom. The highest BCUT2D eigenvalue weighted by Gasteiger charge is 2.66. The maximum atomic E-state index is 12.0. The van der Waals surface area contributed by atoms with Crippen LogP contribution in [0.3, 0.4) is 0 Å². The minimum Gasteiger partial charge on any atom is -0.481 e. The molecule has 4 heteroatoms. The molecular formula is C20H32O4. The highest BCUT2D eigenvalue weighted by atomic mass is 16.6. The van der Waals surface area contributed by atoms with Crippen molar-refractivity contribution in [3.63, 3.8) is 0 Å². The van der Waals surface area contributed by atoms with E-state index in [1.165, 1.54) is 0 Å². The maximum Gasteiger partial charge on any atom is 0.309 e. The average molecular weight is 336 g/mol. The van der Waals surface area contributed by atoms with Crippen LogP contribution in [0.25, 0.3) is 0 Å². The van der Waals surface area contributed by atoms with E-state index in [-0.39, 0.29) is 16.9 Å². The van der Waals surface area contributed by atoms with Crippen LogP contribution >= 0.6 is 0 Å². The molecule has 0 unspecified atom stereocenters. The number of aliphatic hydroxyl groups is 1. The Morgan fingerprint density at radius 2 is 2.04 bits per heavy atom. The first-order valence-corrected chi connectivity index (χ1v) is 9.33. The van der Waals surface area contributed by atoms with E-state index in [2.05, 4.69) is 13.5 Å². The van der Waals surface area contributed by atoms with Crippen LogP contribution in [-0.2, 0) is 9.53 Å². The lowest BCUT2D eigenvalue weighted by Gasteiger charge is -2.58. The number of carboxylic acids is 1. The number of epoxide rings is 1. The Balaban J connectivity index is 1.90. The van der Waals surface area contributed by atoms with E-state index in [1.807, 2.05) is 6.92 Å². The maximum absolute atomic E-state index is 12.0. The van der Waals surface area contributed by atoms with Gasteiger partial charge in [-0.15, -0.1) is 6.58 Å². The van der Waals surface area contributed by atoms with Crippen molar-refractivity contribution in [2.75, 3.05) is 6.61 Å². The van der Waals surface area contributed by atoms with Crippen LogP contribution in [-0.4, -0.2) is 34.0 Å².